The molecule has 0 unspecified atom stereocenters. The molecule has 5 aliphatic heterocycles. The highest BCUT2D eigenvalue weighted by Crippen LogP contribution is 2.35. The van der Waals surface area contributed by atoms with Crippen LogP contribution in [0.2, 0.25) is 0 Å². The number of aliphatic hydroxyl groups excluding tert-OH is 16. The zero-order chi connectivity index (χ0) is 43.6. The van der Waals surface area contributed by atoms with E-state index < -0.39 is 192 Å². The number of hydrogen-bond acceptors (Lipinski definition) is 26. The van der Waals surface area contributed by atoms with Gasteiger partial charge in [0.05, 0.1) is 33.0 Å². The van der Waals surface area contributed by atoms with Gasteiger partial charge < -0.3 is 130 Å². The van der Waals surface area contributed by atoms with Crippen molar-refractivity contribution < 1.29 is 129 Å². The maximum atomic E-state index is 12.4. The SMILES string of the molecule is CC(=O)N[C@H]1[C@@H](O[C@H]2[C@@H](O)[C@@H](CO)O[C@@H](O[C@H]3[C@H](O)[C@@H](O)[C@H](O)O[C@@H]3CO)[C@@H]2O)O[C@H](CO)[C@@H](O[C@@H]2O[C@H](CO)[C@H](O)[C@H](O[C@H]3O[C@H](CO)[C@H](O)[C@H](O)[C@H]3O)[C@H]2O)[C@@H]1O. The fourth-order valence-electron chi connectivity index (χ4n) is 7.43. The molecule has 0 spiro atoms. The van der Waals surface area contributed by atoms with Crippen LogP contribution in [0.5, 0.6) is 0 Å². The minimum Gasteiger partial charge on any atom is -0.394 e. The molecule has 5 heterocycles. The summed E-state index contributed by atoms with van der Waals surface area (Å²) in [6.07, 6.45) is -44.3. The van der Waals surface area contributed by atoms with Crippen molar-refractivity contribution in [2.45, 2.75) is 160 Å². The Labute approximate surface area is 333 Å². The molecular weight excluding hydrogens is 814 g/mol. The third-order valence-electron chi connectivity index (χ3n) is 10.7. The highest BCUT2D eigenvalue weighted by atomic mass is 16.8. The monoisotopic (exact) mass is 869 g/mol. The molecule has 17 N–H and O–H groups in total. The molecule has 27 nitrogen and oxygen atoms in total. The molecular formula is C32H55NO26. The van der Waals surface area contributed by atoms with E-state index in [1.54, 1.807) is 0 Å². The molecule has 344 valence electrons. The van der Waals surface area contributed by atoms with Crippen LogP contribution in [-0.4, -0.2) is 274 Å². The molecule has 0 aromatic carbocycles. The molecule has 27 heteroatoms. The standard InChI is InChI=1S/C32H55NO26/c1-7(39)33-13-17(43)24(56-31-23(49)27(16(42)10(4-36)53-31)59-30-21(47)18(44)14(40)8(2-34)52-30)12(6-38)55-29(13)58-26-15(41)9(3-35)54-32(22(26)48)57-25-11(5-37)51-28(50)20(46)19(25)45/h8-32,34-38,40-50H,2-6H2,1H3,(H,33,39)/t8-,9-,10-,11-,12-,13-,14+,15+,16+,17-,18+,19-,20-,21-,22-,23-,24-,25-,26+,27+,28-,29-,30-,31+,32+/m1/s1. The smallest absolute Gasteiger partial charge is 0.217 e. The van der Waals surface area contributed by atoms with Crippen LogP contribution in [0.1, 0.15) is 6.92 Å². The molecule has 0 aliphatic carbocycles. The third kappa shape index (κ3) is 10.2. The molecule has 5 rings (SSSR count). The van der Waals surface area contributed by atoms with E-state index in [0.717, 1.165) is 6.92 Å². The molecule has 0 aromatic heterocycles. The molecule has 0 radical (unpaired) electrons. The van der Waals surface area contributed by atoms with Crippen molar-refractivity contribution >= 4 is 5.91 Å². The molecule has 5 saturated heterocycles. The van der Waals surface area contributed by atoms with E-state index in [9.17, 15) is 86.5 Å². The van der Waals surface area contributed by atoms with Gasteiger partial charge in [0.15, 0.2) is 31.5 Å². The van der Waals surface area contributed by atoms with Crippen molar-refractivity contribution in [3.05, 3.63) is 0 Å². The quantitative estimate of drug-likeness (QED) is 0.0770. The van der Waals surface area contributed by atoms with Crippen LogP contribution < -0.4 is 5.32 Å². The molecule has 1 amide bonds. The predicted octanol–water partition coefficient (Wildman–Crippen LogP) is -11.8. The van der Waals surface area contributed by atoms with Gasteiger partial charge in [-0.15, -0.1) is 0 Å². The van der Waals surface area contributed by atoms with Gasteiger partial charge in [0.2, 0.25) is 5.91 Å². The first-order valence-corrected chi connectivity index (χ1v) is 18.6. The van der Waals surface area contributed by atoms with Crippen molar-refractivity contribution in [3.8, 4) is 0 Å². The Bertz CT molecular complexity index is 1320. The lowest BCUT2D eigenvalue weighted by Gasteiger charge is -2.50. The fourth-order valence-corrected chi connectivity index (χ4v) is 7.43. The first kappa shape index (κ1) is 48.5. The zero-order valence-electron chi connectivity index (χ0n) is 31.2. The van der Waals surface area contributed by atoms with E-state index in [2.05, 4.69) is 5.32 Å². The summed E-state index contributed by atoms with van der Waals surface area (Å²) in [6, 6.07) is -1.72. The minimum atomic E-state index is -2.09. The second-order valence-corrected chi connectivity index (χ2v) is 14.7. The molecule has 59 heavy (non-hydrogen) atoms. The topological polar surface area (TPSA) is 436 Å². The third-order valence-corrected chi connectivity index (χ3v) is 10.7. The van der Waals surface area contributed by atoms with Crippen molar-refractivity contribution in [2.75, 3.05) is 33.0 Å². The number of carbonyl (C=O) groups is 1. The summed E-state index contributed by atoms with van der Waals surface area (Å²) < 4.78 is 50.0. The number of aliphatic hydroxyl groups is 16. The van der Waals surface area contributed by atoms with Gasteiger partial charge in [0, 0.05) is 6.92 Å². The van der Waals surface area contributed by atoms with Crippen LogP contribution in [-0.2, 0) is 47.4 Å². The number of carbonyl (C=O) groups excluding carboxylic acids is 1. The van der Waals surface area contributed by atoms with E-state index in [1.165, 1.54) is 0 Å². The van der Waals surface area contributed by atoms with Gasteiger partial charge in [-0.05, 0) is 0 Å². The summed E-state index contributed by atoms with van der Waals surface area (Å²) in [4.78, 5) is 12.4. The van der Waals surface area contributed by atoms with E-state index in [-0.39, 0.29) is 0 Å². The molecule has 0 saturated carbocycles. The van der Waals surface area contributed by atoms with Gasteiger partial charge in [0.25, 0.3) is 0 Å². The van der Waals surface area contributed by atoms with Crippen LogP contribution in [0, 0.1) is 0 Å². The maximum Gasteiger partial charge on any atom is 0.217 e. The van der Waals surface area contributed by atoms with Crippen molar-refractivity contribution in [1.82, 2.24) is 5.32 Å². The zero-order valence-corrected chi connectivity index (χ0v) is 31.2. The summed E-state index contributed by atoms with van der Waals surface area (Å²) in [7, 11) is 0. The lowest BCUT2D eigenvalue weighted by molar-refractivity contribution is -0.386. The van der Waals surface area contributed by atoms with Crippen molar-refractivity contribution in [2.24, 2.45) is 0 Å². The maximum absolute atomic E-state index is 12.4. The first-order chi connectivity index (χ1) is 27.9. The number of amides is 1. The lowest BCUT2D eigenvalue weighted by Crippen LogP contribution is -2.70. The second-order valence-electron chi connectivity index (χ2n) is 14.7. The first-order valence-electron chi connectivity index (χ1n) is 18.6. The summed E-state index contributed by atoms with van der Waals surface area (Å²) in [5.74, 6) is -0.817. The number of nitrogens with one attached hydrogen (secondary N) is 1. The summed E-state index contributed by atoms with van der Waals surface area (Å²) in [5.41, 5.74) is 0. The fraction of sp³-hybridized carbons (Fsp3) is 0.969. The highest BCUT2D eigenvalue weighted by Gasteiger charge is 2.57. The van der Waals surface area contributed by atoms with E-state index >= 15 is 0 Å². The van der Waals surface area contributed by atoms with E-state index in [0.29, 0.717) is 0 Å². The van der Waals surface area contributed by atoms with Gasteiger partial charge >= 0.3 is 0 Å². The van der Waals surface area contributed by atoms with Crippen molar-refractivity contribution in [1.29, 1.82) is 0 Å². The summed E-state index contributed by atoms with van der Waals surface area (Å²) in [5, 5.41) is 169. The van der Waals surface area contributed by atoms with Crippen LogP contribution in [0.15, 0.2) is 0 Å². The van der Waals surface area contributed by atoms with Gasteiger partial charge in [-0.3, -0.25) is 4.79 Å². The average Bonchev–Trinajstić information content (AvgIpc) is 3.21. The van der Waals surface area contributed by atoms with Gasteiger partial charge in [-0.25, -0.2) is 0 Å². The van der Waals surface area contributed by atoms with Crippen LogP contribution in [0.3, 0.4) is 0 Å². The van der Waals surface area contributed by atoms with E-state index in [4.69, 9.17) is 42.6 Å². The Morgan fingerprint density at radius 2 is 0.780 bits per heavy atom. The molecule has 0 aromatic rings. The van der Waals surface area contributed by atoms with Crippen LogP contribution in [0.25, 0.3) is 0 Å². The predicted molar refractivity (Wildman–Crippen MR) is 178 cm³/mol. The second kappa shape index (κ2) is 20.8. The number of hydrogen-bond donors (Lipinski definition) is 17. The number of rotatable bonds is 14. The summed E-state index contributed by atoms with van der Waals surface area (Å²) >= 11 is 0. The summed E-state index contributed by atoms with van der Waals surface area (Å²) in [6.45, 7) is -3.57. The Balaban J connectivity index is 1.35. The average molecular weight is 870 g/mol. The van der Waals surface area contributed by atoms with Gasteiger partial charge in [-0.2, -0.15) is 0 Å². The Morgan fingerprint density at radius 1 is 0.407 bits per heavy atom. The van der Waals surface area contributed by atoms with Crippen LogP contribution in [0.4, 0.5) is 0 Å². The molecule has 5 aliphatic rings. The van der Waals surface area contributed by atoms with Gasteiger partial charge in [-0.1, -0.05) is 0 Å². The molecule has 25 atom stereocenters. The molecule has 0 bridgehead atoms. The van der Waals surface area contributed by atoms with Crippen molar-refractivity contribution in [3.63, 3.8) is 0 Å². The Hall–Kier alpha value is -1.53. The normalized spacial score (nSPS) is 51.0. The number of ether oxygens (including phenoxy) is 9. The highest BCUT2D eigenvalue weighted by molar-refractivity contribution is 5.73. The minimum absolute atomic E-state index is 0.817. The lowest BCUT2D eigenvalue weighted by atomic mass is 9.94. The van der Waals surface area contributed by atoms with Crippen LogP contribution >= 0.6 is 0 Å². The Morgan fingerprint density at radius 3 is 1.24 bits per heavy atom. The molecule has 5 fully saturated rings. The largest absolute Gasteiger partial charge is 0.394 e. The Kier molecular flexibility index (Phi) is 17.1. The van der Waals surface area contributed by atoms with E-state index in [1.807, 2.05) is 0 Å². The van der Waals surface area contributed by atoms with Gasteiger partial charge in [0.1, 0.15) is 122 Å².